The quantitative estimate of drug-likeness (QED) is 0.414. The van der Waals surface area contributed by atoms with Crippen molar-refractivity contribution in [2.24, 2.45) is 0 Å². The van der Waals surface area contributed by atoms with Crippen LogP contribution in [0.4, 0.5) is 5.13 Å². The van der Waals surface area contributed by atoms with Crippen LogP contribution >= 0.6 is 47.3 Å². The highest BCUT2D eigenvalue weighted by Gasteiger charge is 2.22. The number of aromatic nitrogens is 1. The van der Waals surface area contributed by atoms with Crippen molar-refractivity contribution in [1.82, 2.24) is 9.88 Å². The number of thiazole rings is 1. The summed E-state index contributed by atoms with van der Waals surface area (Å²) in [4.78, 5) is 24.5. The van der Waals surface area contributed by atoms with Crippen LogP contribution in [0.25, 0.3) is 10.2 Å². The second kappa shape index (κ2) is 12.1. The van der Waals surface area contributed by atoms with Gasteiger partial charge in [-0.1, -0.05) is 29.5 Å². The van der Waals surface area contributed by atoms with Crippen molar-refractivity contribution in [3.8, 4) is 0 Å². The molecule has 2 heterocycles. The number of rotatable bonds is 8. The summed E-state index contributed by atoms with van der Waals surface area (Å²) in [5.74, 6) is 0.500. The Kier molecular flexibility index (Phi) is 9.49. The molecule has 4 rings (SSSR count). The van der Waals surface area contributed by atoms with Gasteiger partial charge in [0.2, 0.25) is 5.91 Å². The number of fused-ring (bicyclic) bond motifs is 1. The normalized spacial score (nSPS) is 14.4. The lowest BCUT2D eigenvalue weighted by molar-refractivity contribution is -0.116. The highest BCUT2D eigenvalue weighted by Crippen LogP contribution is 2.32. The Morgan fingerprint density at radius 3 is 2.68 bits per heavy atom. The van der Waals surface area contributed by atoms with E-state index in [9.17, 15) is 4.79 Å². The van der Waals surface area contributed by atoms with Crippen LogP contribution in [0.15, 0.2) is 58.3 Å². The first-order valence-corrected chi connectivity index (χ1v) is 13.0. The number of thioether (sulfide) groups is 2. The maximum Gasteiger partial charge on any atom is 0.239 e. The molecule has 1 aromatic heterocycles. The van der Waals surface area contributed by atoms with Crippen molar-refractivity contribution in [3.05, 3.63) is 48.5 Å². The monoisotopic (exact) mass is 495 g/mol. The predicted octanol–water partition coefficient (Wildman–Crippen LogP) is 4.90. The number of halogens is 1. The fourth-order valence-electron chi connectivity index (χ4n) is 3.27. The van der Waals surface area contributed by atoms with Gasteiger partial charge >= 0.3 is 0 Å². The van der Waals surface area contributed by atoms with Gasteiger partial charge in [-0.2, -0.15) is 0 Å². The summed E-state index contributed by atoms with van der Waals surface area (Å²) in [6.45, 7) is 4.82. The first-order valence-electron chi connectivity index (χ1n) is 9.96. The third kappa shape index (κ3) is 6.60. The number of hydrogen-bond acceptors (Lipinski definition) is 7. The van der Waals surface area contributed by atoms with Crippen LogP contribution in [0, 0.1) is 0 Å². The van der Waals surface area contributed by atoms with Crippen LogP contribution < -0.4 is 4.90 Å². The number of nitrogens with zero attached hydrogens (tertiary/aromatic N) is 3. The van der Waals surface area contributed by atoms with Crippen LogP contribution in [-0.4, -0.2) is 67.2 Å². The summed E-state index contributed by atoms with van der Waals surface area (Å²) < 4.78 is 6.57. The molecule has 1 aliphatic rings. The van der Waals surface area contributed by atoms with Gasteiger partial charge in [0.05, 0.1) is 29.2 Å². The van der Waals surface area contributed by atoms with Gasteiger partial charge in [0.1, 0.15) is 0 Å². The molecule has 0 radical (unpaired) electrons. The molecule has 166 valence electrons. The predicted molar refractivity (Wildman–Crippen MR) is 135 cm³/mol. The molecule has 0 unspecified atom stereocenters. The topological polar surface area (TPSA) is 45.7 Å². The Labute approximate surface area is 202 Å². The molecule has 31 heavy (non-hydrogen) atoms. The van der Waals surface area contributed by atoms with Crippen LogP contribution in [0.3, 0.4) is 0 Å². The molecule has 2 aromatic carbocycles. The molecule has 1 saturated heterocycles. The third-order valence-electron chi connectivity index (χ3n) is 4.97. The Balaban J connectivity index is 0.00000272. The zero-order valence-electron chi connectivity index (χ0n) is 17.4. The Bertz CT molecular complexity index is 981. The van der Waals surface area contributed by atoms with Crippen molar-refractivity contribution in [1.29, 1.82) is 0 Å². The maximum absolute atomic E-state index is 13.2. The van der Waals surface area contributed by atoms with Gasteiger partial charge in [0, 0.05) is 36.0 Å². The second-order valence-corrected chi connectivity index (χ2v) is 9.87. The van der Waals surface area contributed by atoms with E-state index in [1.807, 2.05) is 41.3 Å². The molecular formula is C22H26ClN3O2S3. The van der Waals surface area contributed by atoms with Crippen LogP contribution in [-0.2, 0) is 9.53 Å². The summed E-state index contributed by atoms with van der Waals surface area (Å²) >= 11 is 4.89. The summed E-state index contributed by atoms with van der Waals surface area (Å²) in [5.41, 5.74) is 0.952. The largest absolute Gasteiger partial charge is 0.379 e. The van der Waals surface area contributed by atoms with E-state index in [-0.39, 0.29) is 18.3 Å². The summed E-state index contributed by atoms with van der Waals surface area (Å²) in [6, 6.07) is 16.4. The van der Waals surface area contributed by atoms with E-state index in [2.05, 4.69) is 23.3 Å². The fourth-order valence-corrected chi connectivity index (χ4v) is 5.63. The minimum absolute atomic E-state index is 0. The van der Waals surface area contributed by atoms with Crippen molar-refractivity contribution in [2.45, 2.75) is 9.79 Å². The van der Waals surface area contributed by atoms with E-state index in [0.717, 1.165) is 53.1 Å². The lowest BCUT2D eigenvalue weighted by atomic mass is 10.3. The number of ether oxygens (including phenoxy) is 1. The molecular weight excluding hydrogens is 470 g/mol. The van der Waals surface area contributed by atoms with Crippen LogP contribution in [0.5, 0.6) is 0 Å². The zero-order valence-corrected chi connectivity index (χ0v) is 20.6. The first kappa shape index (κ1) is 24.4. The van der Waals surface area contributed by atoms with Crippen molar-refractivity contribution >= 4 is 68.5 Å². The zero-order chi connectivity index (χ0) is 20.8. The van der Waals surface area contributed by atoms with Gasteiger partial charge in [-0.15, -0.1) is 35.9 Å². The van der Waals surface area contributed by atoms with Gasteiger partial charge in [-0.3, -0.25) is 14.6 Å². The van der Waals surface area contributed by atoms with Crippen molar-refractivity contribution < 1.29 is 9.53 Å². The SMILES string of the molecule is CSc1ccc2nc(N(CCN3CCOCC3)C(=O)CSc3ccccc3)sc2c1.Cl. The molecule has 0 N–H and O–H groups in total. The molecule has 0 spiro atoms. The van der Waals surface area contributed by atoms with Crippen molar-refractivity contribution in [2.75, 3.05) is 56.3 Å². The minimum Gasteiger partial charge on any atom is -0.379 e. The Morgan fingerprint density at radius 2 is 1.94 bits per heavy atom. The number of benzene rings is 2. The first-order chi connectivity index (χ1) is 14.7. The fraction of sp³-hybridized carbons (Fsp3) is 0.364. The molecule has 9 heteroatoms. The van der Waals surface area contributed by atoms with E-state index in [4.69, 9.17) is 9.72 Å². The minimum atomic E-state index is 0. The number of carbonyl (C=O) groups is 1. The summed E-state index contributed by atoms with van der Waals surface area (Å²) in [6.07, 6.45) is 2.07. The smallest absolute Gasteiger partial charge is 0.239 e. The lowest BCUT2D eigenvalue weighted by Crippen LogP contribution is -2.43. The molecule has 1 fully saturated rings. The standard InChI is InChI=1S/C22H25N3O2S3.ClH/c1-28-18-7-8-19-20(15-18)30-22(23-19)25(10-9-24-11-13-27-14-12-24)21(26)16-29-17-5-3-2-4-6-17;/h2-8,15H,9-14,16H2,1H3;1H. The van der Waals surface area contributed by atoms with Crippen molar-refractivity contribution in [3.63, 3.8) is 0 Å². The number of morpholine rings is 1. The second-order valence-electron chi connectivity index (χ2n) is 6.93. The average Bonchev–Trinajstić information content (AvgIpc) is 3.22. The molecule has 3 aromatic rings. The summed E-state index contributed by atoms with van der Waals surface area (Å²) in [5, 5.41) is 0.787. The number of carbonyl (C=O) groups excluding carboxylic acids is 1. The van der Waals surface area contributed by atoms with Gasteiger partial charge in [-0.25, -0.2) is 4.98 Å². The Morgan fingerprint density at radius 1 is 1.16 bits per heavy atom. The number of hydrogen-bond donors (Lipinski definition) is 0. The molecule has 0 bridgehead atoms. The van der Waals surface area contributed by atoms with E-state index in [1.54, 1.807) is 34.9 Å². The van der Waals surface area contributed by atoms with Crippen LogP contribution in [0.1, 0.15) is 0 Å². The number of amides is 1. The molecule has 5 nitrogen and oxygen atoms in total. The highest BCUT2D eigenvalue weighted by molar-refractivity contribution is 8.00. The van der Waals surface area contributed by atoms with Gasteiger partial charge < -0.3 is 4.74 Å². The van der Waals surface area contributed by atoms with Gasteiger partial charge in [0.25, 0.3) is 0 Å². The Hall–Kier alpha value is -1.29. The molecule has 0 atom stereocenters. The van der Waals surface area contributed by atoms with Gasteiger partial charge in [-0.05, 0) is 36.6 Å². The average molecular weight is 496 g/mol. The van der Waals surface area contributed by atoms with E-state index in [1.165, 1.54) is 4.90 Å². The van der Waals surface area contributed by atoms with E-state index in [0.29, 0.717) is 12.3 Å². The summed E-state index contributed by atoms with van der Waals surface area (Å²) in [7, 11) is 0. The molecule has 1 aliphatic heterocycles. The highest BCUT2D eigenvalue weighted by atomic mass is 35.5. The lowest BCUT2D eigenvalue weighted by Gasteiger charge is -2.29. The van der Waals surface area contributed by atoms with E-state index < -0.39 is 0 Å². The molecule has 0 saturated carbocycles. The molecule has 0 aliphatic carbocycles. The third-order valence-corrected chi connectivity index (χ3v) is 7.73. The molecule has 1 amide bonds. The number of anilines is 1. The van der Waals surface area contributed by atoms with E-state index >= 15 is 0 Å². The van der Waals surface area contributed by atoms with Crippen LogP contribution in [0.2, 0.25) is 0 Å². The van der Waals surface area contributed by atoms with Gasteiger partial charge in [0.15, 0.2) is 5.13 Å². The maximum atomic E-state index is 13.2.